The summed E-state index contributed by atoms with van der Waals surface area (Å²) in [6, 6.07) is 19.4. The van der Waals surface area contributed by atoms with Crippen molar-refractivity contribution in [2.75, 3.05) is 11.0 Å². The largest absolute Gasteiger partial charge is 0.454 e. The number of anilines is 1. The van der Waals surface area contributed by atoms with Gasteiger partial charge in [-0.1, -0.05) is 42.5 Å². The van der Waals surface area contributed by atoms with Crippen LogP contribution < -0.4 is 4.72 Å². The fourth-order valence-corrected chi connectivity index (χ4v) is 3.61. The van der Waals surface area contributed by atoms with Gasteiger partial charge in [0, 0.05) is 11.3 Å². The molecule has 0 saturated heterocycles. The van der Waals surface area contributed by atoms with Crippen LogP contribution in [0.2, 0.25) is 0 Å². The van der Waals surface area contributed by atoms with E-state index < -0.39 is 22.1 Å². The zero-order valence-corrected chi connectivity index (χ0v) is 16.9. The molecule has 3 rings (SSSR count). The molecule has 1 atom stereocenters. The number of sulfonamides is 1. The number of hydrogen-bond acceptors (Lipinski definition) is 5. The molecule has 0 aliphatic heterocycles. The van der Waals surface area contributed by atoms with Crippen molar-refractivity contribution in [3.05, 3.63) is 77.9 Å². The van der Waals surface area contributed by atoms with E-state index in [-0.39, 0.29) is 12.2 Å². The standard InChI is InChI=1S/C22H21NO5S/c1-15(22(25)17-10-12-19(13-11-17)23-29(2,26)27)28-21(24)14-18-8-5-7-16-6-3-4-9-20(16)18/h3-13,15,23H,14H2,1-2H3/t15-/m1/s1. The van der Waals surface area contributed by atoms with Crippen LogP contribution in [0.25, 0.3) is 10.8 Å². The number of ketones is 1. The first-order chi connectivity index (χ1) is 13.7. The highest BCUT2D eigenvalue weighted by molar-refractivity contribution is 7.92. The molecule has 3 aromatic carbocycles. The Balaban J connectivity index is 1.65. The highest BCUT2D eigenvalue weighted by Gasteiger charge is 2.20. The van der Waals surface area contributed by atoms with Gasteiger partial charge in [-0.25, -0.2) is 8.42 Å². The number of ether oxygens (including phenoxy) is 1. The maximum atomic E-state index is 12.5. The summed E-state index contributed by atoms with van der Waals surface area (Å²) in [6.07, 6.45) is 0.158. The molecule has 0 saturated carbocycles. The zero-order valence-electron chi connectivity index (χ0n) is 16.1. The minimum atomic E-state index is -3.39. The van der Waals surface area contributed by atoms with Gasteiger partial charge in [-0.05, 0) is 47.5 Å². The van der Waals surface area contributed by atoms with E-state index in [0.717, 1.165) is 22.6 Å². The highest BCUT2D eigenvalue weighted by Crippen LogP contribution is 2.20. The quantitative estimate of drug-likeness (QED) is 0.474. The summed E-state index contributed by atoms with van der Waals surface area (Å²) >= 11 is 0. The van der Waals surface area contributed by atoms with E-state index in [1.807, 2.05) is 42.5 Å². The van der Waals surface area contributed by atoms with Crippen LogP contribution in [0.15, 0.2) is 66.7 Å². The normalized spacial score (nSPS) is 12.3. The van der Waals surface area contributed by atoms with Crippen LogP contribution in [0.5, 0.6) is 0 Å². The lowest BCUT2D eigenvalue weighted by molar-refractivity contribution is -0.145. The summed E-state index contributed by atoms with van der Waals surface area (Å²) in [5.74, 6) is -0.847. The topological polar surface area (TPSA) is 89.5 Å². The van der Waals surface area contributed by atoms with Crippen molar-refractivity contribution >= 4 is 38.2 Å². The molecule has 0 bridgehead atoms. The molecule has 0 radical (unpaired) electrons. The fraction of sp³-hybridized carbons (Fsp3) is 0.182. The Morgan fingerprint density at radius 2 is 1.62 bits per heavy atom. The Labute approximate surface area is 169 Å². The van der Waals surface area contributed by atoms with Crippen molar-refractivity contribution in [3.63, 3.8) is 0 Å². The number of fused-ring (bicyclic) bond motifs is 1. The first kappa shape index (κ1) is 20.5. The lowest BCUT2D eigenvalue weighted by atomic mass is 10.0. The molecule has 0 fully saturated rings. The molecule has 29 heavy (non-hydrogen) atoms. The van der Waals surface area contributed by atoms with E-state index >= 15 is 0 Å². The minimum absolute atomic E-state index is 0.0657. The third-order valence-electron chi connectivity index (χ3n) is 4.36. The summed E-state index contributed by atoms with van der Waals surface area (Å²) < 4.78 is 30.1. The van der Waals surface area contributed by atoms with E-state index in [1.54, 1.807) is 0 Å². The van der Waals surface area contributed by atoms with Gasteiger partial charge in [-0.3, -0.25) is 14.3 Å². The Hall–Kier alpha value is -3.19. The number of carbonyl (C=O) groups is 2. The molecule has 0 aliphatic rings. The lowest BCUT2D eigenvalue weighted by Crippen LogP contribution is -2.25. The van der Waals surface area contributed by atoms with Gasteiger partial charge in [0.15, 0.2) is 6.10 Å². The van der Waals surface area contributed by atoms with Crippen molar-refractivity contribution in [1.82, 2.24) is 0 Å². The first-order valence-corrected chi connectivity index (χ1v) is 10.9. The molecular weight excluding hydrogens is 390 g/mol. The van der Waals surface area contributed by atoms with Gasteiger partial charge in [0.2, 0.25) is 15.8 Å². The Morgan fingerprint density at radius 1 is 0.966 bits per heavy atom. The molecule has 150 valence electrons. The molecule has 1 N–H and O–H groups in total. The summed E-state index contributed by atoms with van der Waals surface area (Å²) in [6.45, 7) is 1.52. The number of rotatable bonds is 7. The number of benzene rings is 3. The number of hydrogen-bond donors (Lipinski definition) is 1. The van der Waals surface area contributed by atoms with E-state index in [1.165, 1.54) is 31.2 Å². The second-order valence-electron chi connectivity index (χ2n) is 6.76. The predicted octanol–water partition coefficient (Wildman–Crippen LogP) is 3.57. The molecule has 0 aromatic heterocycles. The van der Waals surface area contributed by atoms with Crippen molar-refractivity contribution in [2.24, 2.45) is 0 Å². The summed E-state index contributed by atoms with van der Waals surface area (Å²) in [5.41, 5.74) is 1.52. The summed E-state index contributed by atoms with van der Waals surface area (Å²) in [5, 5.41) is 2.00. The molecule has 6 nitrogen and oxygen atoms in total. The molecule has 0 heterocycles. The van der Waals surface area contributed by atoms with Gasteiger partial charge in [0.25, 0.3) is 0 Å². The average Bonchev–Trinajstić information content (AvgIpc) is 2.67. The molecule has 3 aromatic rings. The average molecular weight is 411 g/mol. The predicted molar refractivity (Wildman–Crippen MR) is 112 cm³/mol. The second kappa shape index (κ2) is 8.45. The maximum absolute atomic E-state index is 12.5. The highest BCUT2D eigenvalue weighted by atomic mass is 32.2. The van der Waals surface area contributed by atoms with E-state index in [2.05, 4.69) is 4.72 Å². The molecular formula is C22H21NO5S. The number of nitrogens with one attached hydrogen (secondary N) is 1. The Morgan fingerprint density at radius 3 is 2.31 bits per heavy atom. The SMILES string of the molecule is C[C@@H](OC(=O)Cc1cccc2ccccc12)C(=O)c1ccc(NS(C)(=O)=O)cc1. The molecule has 0 unspecified atom stereocenters. The fourth-order valence-electron chi connectivity index (χ4n) is 3.05. The van der Waals surface area contributed by atoms with Crippen molar-refractivity contribution in [2.45, 2.75) is 19.4 Å². The van der Waals surface area contributed by atoms with Gasteiger partial charge in [0.05, 0.1) is 12.7 Å². The number of esters is 1. The van der Waals surface area contributed by atoms with Crippen LogP contribution in [-0.2, 0) is 26.0 Å². The van der Waals surface area contributed by atoms with E-state index in [9.17, 15) is 18.0 Å². The van der Waals surface area contributed by atoms with Gasteiger partial charge in [-0.15, -0.1) is 0 Å². The Bertz CT molecular complexity index is 1150. The molecule has 7 heteroatoms. The molecule has 0 amide bonds. The smallest absolute Gasteiger partial charge is 0.310 e. The van der Waals surface area contributed by atoms with Gasteiger partial charge in [0.1, 0.15) is 0 Å². The van der Waals surface area contributed by atoms with Crippen LogP contribution in [0, 0.1) is 0 Å². The monoisotopic (exact) mass is 411 g/mol. The van der Waals surface area contributed by atoms with Gasteiger partial charge < -0.3 is 4.74 Å². The molecule has 0 aliphatic carbocycles. The Kier molecular flexibility index (Phi) is 5.98. The third-order valence-corrected chi connectivity index (χ3v) is 4.97. The van der Waals surface area contributed by atoms with Crippen molar-refractivity contribution in [3.8, 4) is 0 Å². The van der Waals surface area contributed by atoms with Crippen LogP contribution in [0.1, 0.15) is 22.8 Å². The van der Waals surface area contributed by atoms with E-state index in [0.29, 0.717) is 11.3 Å². The number of Topliss-reactive ketones (excluding diaryl/α,β-unsaturated/α-hetero) is 1. The number of carbonyl (C=O) groups excluding carboxylic acids is 2. The summed E-state index contributed by atoms with van der Waals surface area (Å²) in [7, 11) is -3.39. The van der Waals surface area contributed by atoms with Crippen molar-refractivity contribution in [1.29, 1.82) is 0 Å². The zero-order chi connectivity index (χ0) is 21.0. The third kappa shape index (κ3) is 5.42. The van der Waals surface area contributed by atoms with Gasteiger partial charge in [-0.2, -0.15) is 0 Å². The van der Waals surface area contributed by atoms with Crippen LogP contribution >= 0.6 is 0 Å². The van der Waals surface area contributed by atoms with Crippen LogP contribution in [0.3, 0.4) is 0 Å². The van der Waals surface area contributed by atoms with Gasteiger partial charge >= 0.3 is 5.97 Å². The van der Waals surface area contributed by atoms with E-state index in [4.69, 9.17) is 4.74 Å². The first-order valence-electron chi connectivity index (χ1n) is 9.01. The van der Waals surface area contributed by atoms with Crippen LogP contribution in [-0.4, -0.2) is 32.5 Å². The molecule has 0 spiro atoms. The summed E-state index contributed by atoms with van der Waals surface area (Å²) in [4.78, 5) is 24.9. The lowest BCUT2D eigenvalue weighted by Gasteiger charge is -2.13. The second-order valence-corrected chi connectivity index (χ2v) is 8.51. The maximum Gasteiger partial charge on any atom is 0.310 e. The van der Waals surface area contributed by atoms with Crippen molar-refractivity contribution < 1.29 is 22.7 Å². The van der Waals surface area contributed by atoms with Crippen LogP contribution in [0.4, 0.5) is 5.69 Å². The minimum Gasteiger partial charge on any atom is -0.454 e.